The van der Waals surface area contributed by atoms with Crippen LogP contribution in [0.3, 0.4) is 0 Å². The molecule has 0 aliphatic carbocycles. The number of halogens is 2. The molecule has 0 spiro atoms. The van der Waals surface area contributed by atoms with Crippen LogP contribution in [0.5, 0.6) is 0 Å². The van der Waals surface area contributed by atoms with E-state index in [9.17, 15) is 0 Å². The molecule has 0 aromatic carbocycles. The fraction of sp³-hybridized carbons (Fsp3) is 0. The van der Waals surface area contributed by atoms with Gasteiger partial charge in [-0.1, -0.05) is 0 Å². The summed E-state index contributed by atoms with van der Waals surface area (Å²) in [6.07, 6.45) is 0. The Labute approximate surface area is 123 Å². The molecule has 0 bridgehead atoms. The van der Waals surface area contributed by atoms with Gasteiger partial charge in [0.15, 0.2) is 0 Å². The summed E-state index contributed by atoms with van der Waals surface area (Å²) in [5.41, 5.74) is 0. The van der Waals surface area contributed by atoms with Crippen molar-refractivity contribution in [2.45, 2.75) is 0 Å². The summed E-state index contributed by atoms with van der Waals surface area (Å²) in [4.78, 5) is 0. The zero-order valence-electron chi connectivity index (χ0n) is 1.52. The molecule has 0 radical (unpaired) electrons. The van der Waals surface area contributed by atoms with Gasteiger partial charge in [0.25, 0.3) is 0 Å². The molecule has 20 valence electrons. The van der Waals surface area contributed by atoms with Gasteiger partial charge in [0.1, 0.15) is 0 Å². The van der Waals surface area contributed by atoms with E-state index in [1.807, 2.05) is 0 Å². The van der Waals surface area contributed by atoms with Crippen molar-refractivity contribution in [3.05, 3.63) is 0 Å². The number of hydrogen-bond donors (Lipinski definition) is 0. The van der Waals surface area contributed by atoms with Gasteiger partial charge in [0.05, 0.1) is 0 Å². The summed E-state index contributed by atoms with van der Waals surface area (Å²) in [5, 5.41) is 0. The molecule has 0 rings (SSSR count). The van der Waals surface area contributed by atoms with E-state index in [1.165, 1.54) is 0 Å². The van der Waals surface area contributed by atoms with E-state index in [-0.39, 0.29) is 127 Å². The molecule has 0 saturated carbocycles. The van der Waals surface area contributed by atoms with Crippen LogP contribution in [-0.4, -0.2) is 51.4 Å². The maximum atomic E-state index is 0. The van der Waals surface area contributed by atoms with Crippen LogP contribution in [0.2, 0.25) is 0 Å². The summed E-state index contributed by atoms with van der Waals surface area (Å²) in [5.74, 6) is 0. The average Bonchev–Trinajstić information content (AvgIpc) is 0. The molecular weight excluding hydrogens is 493 g/mol. The molecule has 0 nitrogen and oxygen atoms in total. The van der Waals surface area contributed by atoms with Crippen molar-refractivity contribution in [2.24, 2.45) is 0 Å². The minimum atomic E-state index is 0. The van der Waals surface area contributed by atoms with Gasteiger partial charge in [-0.25, -0.2) is 0 Å². The van der Waals surface area contributed by atoms with Crippen LogP contribution in [0.25, 0.3) is 0 Å². The molecule has 0 saturated heterocycles. The van der Waals surface area contributed by atoms with E-state index in [0.29, 0.717) is 0 Å². The first-order chi connectivity index (χ1) is 0. The van der Waals surface area contributed by atoms with Crippen LogP contribution >= 0.6 is 48.0 Å². The van der Waals surface area contributed by atoms with Crippen molar-refractivity contribution >= 4 is 99.3 Å². The Hall–Kier alpha value is 4.03. The zero-order chi connectivity index (χ0) is 0. The van der Waals surface area contributed by atoms with Crippen molar-refractivity contribution in [2.75, 3.05) is 0 Å². The fourth-order valence-corrected chi connectivity index (χ4v) is 0. The minimum absolute atomic E-state index is 0. The summed E-state index contributed by atoms with van der Waals surface area (Å²) >= 11 is 0. The predicted molar refractivity (Wildman–Crippen MR) is 38.0 cm³/mol. The summed E-state index contributed by atoms with van der Waals surface area (Å²) in [6, 6.07) is 0. The fourth-order valence-electron chi connectivity index (χ4n) is 0. The Balaban J connectivity index is 0. The molecule has 0 heterocycles. The molecule has 0 N–H and O–H groups in total. The van der Waals surface area contributed by atoms with Crippen LogP contribution in [0.15, 0.2) is 0 Å². The SMILES string of the molecule is I.I.[Hg].[KH]. The van der Waals surface area contributed by atoms with E-state index < -0.39 is 0 Å². The van der Waals surface area contributed by atoms with Gasteiger partial charge >= 0.3 is 51.4 Å². The van der Waals surface area contributed by atoms with Gasteiger partial charge in [0.2, 0.25) is 0 Å². The molecule has 0 amide bonds. The van der Waals surface area contributed by atoms with Gasteiger partial charge in [-0.05, 0) is 0 Å². The van der Waals surface area contributed by atoms with Crippen LogP contribution in [-0.2, 0) is 27.7 Å². The molecule has 0 unspecified atom stereocenters. The van der Waals surface area contributed by atoms with Gasteiger partial charge in [-0.3, -0.25) is 0 Å². The van der Waals surface area contributed by atoms with E-state index in [2.05, 4.69) is 0 Å². The molecule has 0 aliphatic rings. The van der Waals surface area contributed by atoms with Crippen LogP contribution in [0, 0.1) is 0 Å². The van der Waals surface area contributed by atoms with Crippen molar-refractivity contribution in [1.82, 2.24) is 0 Å². The molecule has 4 heavy (non-hydrogen) atoms. The Morgan fingerprint density at radius 2 is 0.750 bits per heavy atom. The summed E-state index contributed by atoms with van der Waals surface area (Å²) in [7, 11) is 0. The van der Waals surface area contributed by atoms with Gasteiger partial charge in [-0.2, -0.15) is 0 Å². The monoisotopic (exact) mass is 498 g/mol. The molecule has 4 heteroatoms. The molecule has 0 aliphatic heterocycles. The first kappa shape index (κ1) is 24.4. The first-order valence-electron chi connectivity index (χ1n) is 0. The van der Waals surface area contributed by atoms with Crippen LogP contribution in [0.1, 0.15) is 0 Å². The van der Waals surface area contributed by atoms with Crippen LogP contribution < -0.4 is 0 Å². The second-order valence-electron chi connectivity index (χ2n) is 0. The third-order valence-corrected chi connectivity index (χ3v) is 0. The first-order valence-corrected chi connectivity index (χ1v) is 0. The zero-order valence-corrected chi connectivity index (χ0v) is 11.7. The van der Waals surface area contributed by atoms with Crippen molar-refractivity contribution in [3.63, 3.8) is 0 Å². The normalized spacial score (nSPS) is 0. The second kappa shape index (κ2) is 15.7. The average molecular weight is 497 g/mol. The third-order valence-electron chi connectivity index (χ3n) is 0. The molecular formula is H3HgI2K. The molecule has 0 aromatic heterocycles. The van der Waals surface area contributed by atoms with E-state index in [4.69, 9.17) is 0 Å². The summed E-state index contributed by atoms with van der Waals surface area (Å²) in [6.45, 7) is 0. The maximum absolute atomic E-state index is 0. The summed E-state index contributed by atoms with van der Waals surface area (Å²) < 4.78 is 0. The van der Waals surface area contributed by atoms with Gasteiger partial charge in [-0.15, -0.1) is 48.0 Å². The van der Waals surface area contributed by atoms with Gasteiger partial charge < -0.3 is 0 Å². The number of rotatable bonds is 0. The Morgan fingerprint density at radius 3 is 0.750 bits per heavy atom. The van der Waals surface area contributed by atoms with E-state index in [1.54, 1.807) is 0 Å². The van der Waals surface area contributed by atoms with Crippen molar-refractivity contribution in [1.29, 1.82) is 0 Å². The Bertz CT molecular complexity index is 6.00. The number of hydrogen-bond acceptors (Lipinski definition) is 0. The third kappa shape index (κ3) is 9.39. The van der Waals surface area contributed by atoms with Crippen LogP contribution in [0.4, 0.5) is 0 Å². The Morgan fingerprint density at radius 1 is 0.750 bits per heavy atom. The van der Waals surface area contributed by atoms with Crippen molar-refractivity contribution < 1.29 is 27.7 Å². The molecule has 0 atom stereocenters. The molecule has 0 fully saturated rings. The van der Waals surface area contributed by atoms with E-state index in [0.717, 1.165) is 0 Å². The van der Waals surface area contributed by atoms with Gasteiger partial charge in [0, 0.05) is 27.7 Å². The Kier molecular flexibility index (Phi) is 96.1. The predicted octanol–water partition coefficient (Wildman–Crippen LogP) is 0.585. The topological polar surface area (TPSA) is 0 Å². The quantitative estimate of drug-likeness (QED) is 0.340. The standard InChI is InChI=1S/Hg.2HI.K.H/h;2*1H;;. The van der Waals surface area contributed by atoms with E-state index >= 15 is 0 Å². The second-order valence-corrected chi connectivity index (χ2v) is 0. The molecule has 0 aromatic rings. The van der Waals surface area contributed by atoms with Crippen molar-refractivity contribution in [3.8, 4) is 0 Å².